The molecule has 4 nitrogen and oxygen atoms in total. The summed E-state index contributed by atoms with van der Waals surface area (Å²) in [7, 11) is -3.30. The van der Waals surface area contributed by atoms with Gasteiger partial charge in [-0.15, -0.1) is 0 Å². The zero-order chi connectivity index (χ0) is 12.2. The second-order valence-corrected chi connectivity index (χ2v) is 5.20. The number of nitrogens with two attached hydrogens (primary N) is 1. The maximum Gasteiger partial charge on any atom is 0.229 e. The molecule has 84 valence electrons. The van der Waals surface area contributed by atoms with E-state index in [4.69, 9.17) is 5.73 Å². The van der Waals surface area contributed by atoms with E-state index in [9.17, 15) is 13.2 Å². The number of rotatable bonds is 2. The summed E-state index contributed by atoms with van der Waals surface area (Å²) in [6.07, 6.45) is 1.03. The van der Waals surface area contributed by atoms with Crippen molar-refractivity contribution >= 4 is 15.7 Å². The predicted molar refractivity (Wildman–Crippen MR) is 60.2 cm³/mol. The monoisotopic (exact) mass is 237 g/mol. The molecule has 0 saturated heterocycles. The number of benzene rings is 1. The second-order valence-electron chi connectivity index (χ2n) is 3.21. The largest absolute Gasteiger partial charge is 0.369 e. The first-order valence-electron chi connectivity index (χ1n) is 4.47. The quantitative estimate of drug-likeness (QED) is 0.752. The Hall–Kier alpha value is -1.80. The molecule has 1 aromatic carbocycles. The molecule has 0 unspecified atom stereocenters. The molecule has 1 aromatic rings. The summed E-state index contributed by atoms with van der Waals surface area (Å²) in [5, 5.41) is 0. The average Bonchev–Trinajstić information content (AvgIpc) is 2.16. The van der Waals surface area contributed by atoms with Crippen molar-refractivity contribution in [3.63, 3.8) is 0 Å². The van der Waals surface area contributed by atoms with E-state index in [0.717, 1.165) is 6.26 Å². The van der Waals surface area contributed by atoms with Crippen molar-refractivity contribution in [1.82, 2.24) is 0 Å². The average molecular weight is 237 g/mol. The highest BCUT2D eigenvalue weighted by Crippen LogP contribution is 2.13. The van der Waals surface area contributed by atoms with Gasteiger partial charge < -0.3 is 5.73 Å². The number of carbonyl (C=O) groups is 1. The Morgan fingerprint density at radius 1 is 1.38 bits per heavy atom. The fraction of sp³-hybridized carbons (Fsp3) is 0.182. The van der Waals surface area contributed by atoms with Gasteiger partial charge >= 0.3 is 0 Å². The van der Waals surface area contributed by atoms with Crippen LogP contribution in [0.5, 0.6) is 0 Å². The molecule has 1 rings (SSSR count). The minimum Gasteiger partial charge on any atom is -0.369 e. The first-order chi connectivity index (χ1) is 7.41. The Bertz CT molecular complexity index is 564. The molecule has 0 heterocycles. The van der Waals surface area contributed by atoms with Gasteiger partial charge in [0.2, 0.25) is 5.91 Å². The van der Waals surface area contributed by atoms with Crippen LogP contribution >= 0.6 is 0 Å². The van der Waals surface area contributed by atoms with Crippen LogP contribution in [0.2, 0.25) is 0 Å². The number of carbonyl (C=O) groups excluding carboxylic acids is 1. The summed E-state index contributed by atoms with van der Waals surface area (Å²) in [6.45, 7) is 0. The Kier molecular flexibility index (Phi) is 3.69. The highest BCUT2D eigenvalue weighted by molar-refractivity contribution is 7.90. The summed E-state index contributed by atoms with van der Waals surface area (Å²) in [4.78, 5) is 10.6. The third kappa shape index (κ3) is 3.41. The van der Waals surface area contributed by atoms with Crippen LogP contribution in [0.15, 0.2) is 29.2 Å². The second kappa shape index (κ2) is 4.81. The molecule has 0 bridgehead atoms. The lowest BCUT2D eigenvalue weighted by molar-refractivity contribution is -0.117. The summed E-state index contributed by atoms with van der Waals surface area (Å²) in [5.74, 6) is 4.61. The van der Waals surface area contributed by atoms with Crippen molar-refractivity contribution in [2.45, 2.75) is 11.3 Å². The summed E-state index contributed by atoms with van der Waals surface area (Å²) >= 11 is 0. The van der Waals surface area contributed by atoms with Gasteiger partial charge in [0, 0.05) is 11.8 Å². The molecule has 0 aliphatic carbocycles. The van der Waals surface area contributed by atoms with E-state index >= 15 is 0 Å². The third-order valence-electron chi connectivity index (χ3n) is 1.77. The molecule has 0 atom stereocenters. The molecule has 0 aliphatic rings. The lowest BCUT2D eigenvalue weighted by Gasteiger charge is -2.00. The summed E-state index contributed by atoms with van der Waals surface area (Å²) in [5.41, 5.74) is 5.30. The van der Waals surface area contributed by atoms with E-state index in [2.05, 4.69) is 11.8 Å². The van der Waals surface area contributed by atoms with Crippen LogP contribution in [0.25, 0.3) is 0 Å². The lowest BCUT2D eigenvalue weighted by atomic mass is 10.2. The number of hydrogen-bond donors (Lipinski definition) is 1. The standard InChI is InChI=1S/C11H11NO3S/c1-16(14,15)10-7-3-2-5-9(10)6-4-8-11(12)13/h2-3,5,7H,8H2,1H3,(H2,12,13). The topological polar surface area (TPSA) is 77.2 Å². The first-order valence-corrected chi connectivity index (χ1v) is 6.36. The van der Waals surface area contributed by atoms with Crippen LogP contribution < -0.4 is 5.73 Å². The van der Waals surface area contributed by atoms with Gasteiger partial charge in [-0.3, -0.25) is 4.79 Å². The van der Waals surface area contributed by atoms with E-state index in [1.807, 2.05) is 0 Å². The number of hydrogen-bond acceptors (Lipinski definition) is 3. The number of amides is 1. The van der Waals surface area contributed by atoms with Crippen LogP contribution in [0, 0.1) is 11.8 Å². The van der Waals surface area contributed by atoms with Gasteiger partial charge in [0.25, 0.3) is 0 Å². The molecule has 0 radical (unpaired) electrons. The fourth-order valence-corrected chi connectivity index (χ4v) is 1.96. The Morgan fingerprint density at radius 3 is 2.56 bits per heavy atom. The van der Waals surface area contributed by atoms with E-state index < -0.39 is 15.7 Å². The van der Waals surface area contributed by atoms with Gasteiger partial charge in [0.15, 0.2) is 9.84 Å². The fourth-order valence-electron chi connectivity index (χ4n) is 1.12. The normalized spacial score (nSPS) is 10.3. The van der Waals surface area contributed by atoms with Crippen LogP contribution in [0.1, 0.15) is 12.0 Å². The van der Waals surface area contributed by atoms with Gasteiger partial charge in [-0.05, 0) is 12.1 Å². The van der Waals surface area contributed by atoms with Crippen molar-refractivity contribution in [2.24, 2.45) is 5.73 Å². The molecule has 0 aromatic heterocycles. The zero-order valence-corrected chi connectivity index (χ0v) is 9.54. The molecular weight excluding hydrogens is 226 g/mol. The minimum absolute atomic E-state index is 0.0852. The summed E-state index contributed by atoms with van der Waals surface area (Å²) < 4.78 is 22.8. The molecular formula is C11H11NO3S. The third-order valence-corrected chi connectivity index (χ3v) is 2.93. The molecule has 0 aliphatic heterocycles. The SMILES string of the molecule is CS(=O)(=O)c1ccccc1C#CCC(N)=O. The van der Waals surface area contributed by atoms with Crippen LogP contribution in [0.4, 0.5) is 0 Å². The Balaban J connectivity index is 3.14. The molecule has 2 N–H and O–H groups in total. The van der Waals surface area contributed by atoms with Gasteiger partial charge in [0.1, 0.15) is 0 Å². The Labute approximate surface area is 94.4 Å². The van der Waals surface area contributed by atoms with Crippen LogP contribution in [0.3, 0.4) is 0 Å². The molecule has 0 spiro atoms. The maximum atomic E-state index is 11.4. The maximum absolute atomic E-state index is 11.4. The molecule has 0 saturated carbocycles. The van der Waals surface area contributed by atoms with E-state index in [1.165, 1.54) is 6.07 Å². The van der Waals surface area contributed by atoms with Gasteiger partial charge in [-0.2, -0.15) is 0 Å². The highest BCUT2D eigenvalue weighted by Gasteiger charge is 2.10. The van der Waals surface area contributed by atoms with Crippen molar-refractivity contribution in [3.05, 3.63) is 29.8 Å². The lowest BCUT2D eigenvalue weighted by Crippen LogP contribution is -2.08. The van der Waals surface area contributed by atoms with Crippen LogP contribution in [-0.4, -0.2) is 20.6 Å². The van der Waals surface area contributed by atoms with Crippen LogP contribution in [-0.2, 0) is 14.6 Å². The van der Waals surface area contributed by atoms with Crippen molar-refractivity contribution in [3.8, 4) is 11.8 Å². The Morgan fingerprint density at radius 2 is 2.00 bits per heavy atom. The van der Waals surface area contributed by atoms with Gasteiger partial charge in [-0.25, -0.2) is 8.42 Å². The first kappa shape index (κ1) is 12.3. The van der Waals surface area contributed by atoms with Gasteiger partial charge in [-0.1, -0.05) is 24.0 Å². The smallest absolute Gasteiger partial charge is 0.229 e. The molecule has 5 heteroatoms. The molecule has 1 amide bonds. The van der Waals surface area contributed by atoms with Crippen molar-refractivity contribution < 1.29 is 13.2 Å². The van der Waals surface area contributed by atoms with E-state index in [-0.39, 0.29) is 11.3 Å². The highest BCUT2D eigenvalue weighted by atomic mass is 32.2. The number of primary amides is 1. The van der Waals surface area contributed by atoms with E-state index in [0.29, 0.717) is 5.56 Å². The summed E-state index contributed by atoms with van der Waals surface area (Å²) in [6, 6.07) is 6.37. The molecule has 0 fully saturated rings. The minimum atomic E-state index is -3.30. The number of sulfone groups is 1. The van der Waals surface area contributed by atoms with E-state index in [1.54, 1.807) is 18.2 Å². The van der Waals surface area contributed by atoms with Gasteiger partial charge in [0.05, 0.1) is 11.3 Å². The molecule has 16 heavy (non-hydrogen) atoms. The predicted octanol–water partition coefficient (Wildman–Crippen LogP) is 0.317. The van der Waals surface area contributed by atoms with Crippen molar-refractivity contribution in [2.75, 3.05) is 6.26 Å². The van der Waals surface area contributed by atoms with Crippen molar-refractivity contribution in [1.29, 1.82) is 0 Å². The zero-order valence-electron chi connectivity index (χ0n) is 8.73.